The van der Waals surface area contributed by atoms with Crippen molar-refractivity contribution in [2.75, 3.05) is 0 Å². The van der Waals surface area contributed by atoms with Gasteiger partial charge in [-0.2, -0.15) is 0 Å². The van der Waals surface area contributed by atoms with Gasteiger partial charge in [0.2, 0.25) is 0 Å². The molecule has 0 aromatic carbocycles. The molecule has 2 heterocycles. The molecule has 2 rings (SSSR count). The zero-order chi connectivity index (χ0) is 11.4. The Morgan fingerprint density at radius 1 is 1.00 bits per heavy atom. The molecular weight excluding hydrogens is 202 g/mol. The monoisotopic (exact) mass is 215 g/mol. The highest BCUT2D eigenvalue weighted by atomic mass is 16.3. The van der Waals surface area contributed by atoms with Gasteiger partial charge in [-0.25, -0.2) is 9.97 Å². The lowest BCUT2D eigenvalue weighted by Crippen LogP contribution is -2.11. The number of aromatic nitrogens is 3. The van der Waals surface area contributed by atoms with E-state index < -0.39 is 6.10 Å². The third-order valence-electron chi connectivity index (χ3n) is 2.48. The summed E-state index contributed by atoms with van der Waals surface area (Å²) in [5.41, 5.74) is 0.836. The highest BCUT2D eigenvalue weighted by molar-refractivity contribution is 5.12. The van der Waals surface area contributed by atoms with E-state index in [1.165, 1.54) is 0 Å². The van der Waals surface area contributed by atoms with Gasteiger partial charge in [0.15, 0.2) is 5.82 Å². The summed E-state index contributed by atoms with van der Waals surface area (Å²) in [5.74, 6) is 0.309. The minimum Gasteiger partial charge on any atom is -0.384 e. The summed E-state index contributed by atoms with van der Waals surface area (Å²) in [6.07, 6.45) is 4.23. The van der Waals surface area contributed by atoms with Gasteiger partial charge in [-0.15, -0.1) is 0 Å². The first-order valence-electron chi connectivity index (χ1n) is 5.15. The predicted molar refractivity (Wildman–Crippen MR) is 59.6 cm³/mol. The van der Waals surface area contributed by atoms with Crippen LogP contribution in [0.25, 0.3) is 0 Å². The van der Waals surface area contributed by atoms with Crippen LogP contribution < -0.4 is 0 Å². The second-order valence-corrected chi connectivity index (χ2v) is 3.60. The van der Waals surface area contributed by atoms with Crippen molar-refractivity contribution in [2.45, 2.75) is 18.9 Å². The van der Waals surface area contributed by atoms with Gasteiger partial charge in [0, 0.05) is 30.2 Å². The molecule has 2 atom stereocenters. The van der Waals surface area contributed by atoms with Gasteiger partial charge in [-0.1, -0.05) is 13.0 Å². The summed E-state index contributed by atoms with van der Waals surface area (Å²) in [4.78, 5) is 12.3. The number of rotatable bonds is 3. The zero-order valence-corrected chi connectivity index (χ0v) is 8.99. The first-order chi connectivity index (χ1) is 7.79. The quantitative estimate of drug-likeness (QED) is 0.846. The molecule has 0 spiro atoms. The molecule has 0 saturated carbocycles. The van der Waals surface area contributed by atoms with Crippen molar-refractivity contribution in [2.24, 2.45) is 0 Å². The largest absolute Gasteiger partial charge is 0.384 e. The van der Waals surface area contributed by atoms with E-state index in [1.54, 1.807) is 24.7 Å². The second-order valence-electron chi connectivity index (χ2n) is 3.60. The number of hydrogen-bond acceptors (Lipinski definition) is 4. The SMILES string of the molecule is CC(c1ccccn1)C(O)c1ncccn1. The third kappa shape index (κ3) is 2.23. The third-order valence-corrected chi connectivity index (χ3v) is 2.48. The molecule has 0 aliphatic rings. The van der Waals surface area contributed by atoms with E-state index in [4.69, 9.17) is 0 Å². The average Bonchev–Trinajstić information content (AvgIpc) is 2.39. The van der Waals surface area contributed by atoms with Crippen LogP contribution in [0, 0.1) is 0 Å². The number of aliphatic hydroxyl groups excluding tert-OH is 1. The lowest BCUT2D eigenvalue weighted by Gasteiger charge is -2.16. The van der Waals surface area contributed by atoms with Crippen LogP contribution in [0.4, 0.5) is 0 Å². The van der Waals surface area contributed by atoms with Crippen molar-refractivity contribution in [3.8, 4) is 0 Å². The van der Waals surface area contributed by atoms with Crippen LogP contribution in [0.1, 0.15) is 30.5 Å². The molecule has 0 aliphatic carbocycles. The van der Waals surface area contributed by atoms with Crippen LogP contribution in [0.2, 0.25) is 0 Å². The van der Waals surface area contributed by atoms with Crippen LogP contribution >= 0.6 is 0 Å². The van der Waals surface area contributed by atoms with Gasteiger partial charge in [-0.3, -0.25) is 4.98 Å². The minimum absolute atomic E-state index is 0.122. The van der Waals surface area contributed by atoms with E-state index in [-0.39, 0.29) is 5.92 Å². The van der Waals surface area contributed by atoms with E-state index in [0.717, 1.165) is 5.69 Å². The summed E-state index contributed by atoms with van der Waals surface area (Å²) in [5, 5.41) is 10.1. The molecule has 0 amide bonds. The number of aliphatic hydroxyl groups is 1. The molecule has 2 aromatic heterocycles. The smallest absolute Gasteiger partial charge is 0.157 e. The van der Waals surface area contributed by atoms with Crippen molar-refractivity contribution in [1.29, 1.82) is 0 Å². The molecule has 0 fully saturated rings. The Kier molecular flexibility index (Phi) is 3.22. The molecule has 0 saturated heterocycles. The first-order valence-corrected chi connectivity index (χ1v) is 5.15. The maximum Gasteiger partial charge on any atom is 0.157 e. The van der Waals surface area contributed by atoms with Crippen molar-refractivity contribution in [3.05, 3.63) is 54.4 Å². The molecule has 2 aromatic rings. The molecule has 82 valence electrons. The normalized spacial score (nSPS) is 14.4. The Hall–Kier alpha value is -1.81. The summed E-state index contributed by atoms with van der Waals surface area (Å²) in [7, 11) is 0. The van der Waals surface area contributed by atoms with Gasteiger partial charge in [0.05, 0.1) is 0 Å². The molecule has 16 heavy (non-hydrogen) atoms. The number of hydrogen-bond donors (Lipinski definition) is 1. The van der Waals surface area contributed by atoms with Gasteiger partial charge in [0.1, 0.15) is 6.10 Å². The van der Waals surface area contributed by atoms with Gasteiger partial charge in [0.25, 0.3) is 0 Å². The van der Waals surface area contributed by atoms with Crippen LogP contribution in [0.3, 0.4) is 0 Å². The first kappa shape index (κ1) is 10.7. The zero-order valence-electron chi connectivity index (χ0n) is 8.99. The molecule has 1 N–H and O–H groups in total. The van der Waals surface area contributed by atoms with Crippen LogP contribution in [0.5, 0.6) is 0 Å². The minimum atomic E-state index is -0.726. The Morgan fingerprint density at radius 2 is 1.69 bits per heavy atom. The molecule has 0 aliphatic heterocycles. The van der Waals surface area contributed by atoms with Gasteiger partial charge < -0.3 is 5.11 Å². The molecular formula is C12H13N3O. The van der Waals surface area contributed by atoms with Crippen LogP contribution in [-0.4, -0.2) is 20.1 Å². The molecule has 4 nitrogen and oxygen atoms in total. The van der Waals surface area contributed by atoms with Crippen molar-refractivity contribution in [1.82, 2.24) is 15.0 Å². The molecule has 0 radical (unpaired) electrons. The van der Waals surface area contributed by atoms with Gasteiger partial charge in [-0.05, 0) is 18.2 Å². The Labute approximate surface area is 94.0 Å². The lowest BCUT2D eigenvalue weighted by molar-refractivity contribution is 0.140. The molecule has 0 bridgehead atoms. The predicted octanol–water partition coefficient (Wildman–Crippen LogP) is 1.71. The maximum atomic E-state index is 10.1. The Bertz CT molecular complexity index is 389. The summed E-state index contributed by atoms with van der Waals surface area (Å²) in [6.45, 7) is 1.91. The summed E-state index contributed by atoms with van der Waals surface area (Å²) in [6, 6.07) is 7.36. The fraction of sp³-hybridized carbons (Fsp3) is 0.250. The second kappa shape index (κ2) is 4.81. The van der Waals surface area contributed by atoms with Crippen molar-refractivity contribution < 1.29 is 5.11 Å². The van der Waals surface area contributed by atoms with E-state index in [0.29, 0.717) is 5.82 Å². The Morgan fingerprint density at radius 3 is 2.31 bits per heavy atom. The summed E-state index contributed by atoms with van der Waals surface area (Å²) < 4.78 is 0. The topological polar surface area (TPSA) is 58.9 Å². The molecule has 2 unspecified atom stereocenters. The number of nitrogens with zero attached hydrogens (tertiary/aromatic N) is 3. The highest BCUT2D eigenvalue weighted by Crippen LogP contribution is 2.26. The number of pyridine rings is 1. The Balaban J connectivity index is 2.20. The highest BCUT2D eigenvalue weighted by Gasteiger charge is 2.20. The van der Waals surface area contributed by atoms with Crippen molar-refractivity contribution >= 4 is 0 Å². The van der Waals surface area contributed by atoms with E-state index in [2.05, 4.69) is 15.0 Å². The lowest BCUT2D eigenvalue weighted by atomic mass is 9.99. The maximum absolute atomic E-state index is 10.1. The van der Waals surface area contributed by atoms with Crippen LogP contribution in [0.15, 0.2) is 42.9 Å². The van der Waals surface area contributed by atoms with Gasteiger partial charge >= 0.3 is 0 Å². The fourth-order valence-electron chi connectivity index (χ4n) is 1.49. The van der Waals surface area contributed by atoms with Crippen LogP contribution in [-0.2, 0) is 0 Å². The van der Waals surface area contributed by atoms with E-state index in [1.807, 2.05) is 25.1 Å². The summed E-state index contributed by atoms with van der Waals surface area (Å²) >= 11 is 0. The molecule has 4 heteroatoms. The van der Waals surface area contributed by atoms with E-state index >= 15 is 0 Å². The van der Waals surface area contributed by atoms with Crippen molar-refractivity contribution in [3.63, 3.8) is 0 Å². The fourth-order valence-corrected chi connectivity index (χ4v) is 1.49. The average molecular weight is 215 g/mol. The van der Waals surface area contributed by atoms with E-state index in [9.17, 15) is 5.11 Å². The standard InChI is InChI=1S/C12H13N3O/c1-9(10-5-2-3-6-13-10)11(16)12-14-7-4-8-15-12/h2-9,11,16H,1H3.